The summed E-state index contributed by atoms with van der Waals surface area (Å²) in [5, 5.41) is 11.8. The number of H-pyrrole nitrogens is 1. The fourth-order valence-corrected chi connectivity index (χ4v) is 2.05. The highest BCUT2D eigenvalue weighted by Crippen LogP contribution is 2.34. The van der Waals surface area contributed by atoms with Gasteiger partial charge in [0, 0.05) is 11.4 Å². The second-order valence-corrected chi connectivity index (χ2v) is 4.41. The maximum atomic E-state index is 4.06. The fourth-order valence-electron chi connectivity index (χ4n) is 2.05. The summed E-state index contributed by atoms with van der Waals surface area (Å²) in [6.45, 7) is 2.26. The molecular formula is C12H15N3. The lowest BCUT2D eigenvalue weighted by atomic mass is 10.2. The molecule has 1 aromatic heterocycles. The lowest BCUT2D eigenvalue weighted by molar-refractivity contribution is 0.695. The Kier molecular flexibility index (Phi) is 1.91. The Morgan fingerprint density at radius 3 is 3.13 bits per heavy atom. The van der Waals surface area contributed by atoms with Gasteiger partial charge >= 0.3 is 0 Å². The minimum Gasteiger partial charge on any atom is -0.381 e. The zero-order valence-electron chi connectivity index (χ0n) is 8.83. The van der Waals surface area contributed by atoms with Gasteiger partial charge in [-0.2, -0.15) is 5.10 Å². The second kappa shape index (κ2) is 3.26. The summed E-state index contributed by atoms with van der Waals surface area (Å²) >= 11 is 0. The Morgan fingerprint density at radius 1 is 1.47 bits per heavy atom. The highest BCUT2D eigenvalue weighted by atomic mass is 15.1. The van der Waals surface area contributed by atoms with Gasteiger partial charge in [0.1, 0.15) is 0 Å². The predicted molar refractivity (Wildman–Crippen MR) is 61.9 cm³/mol. The Morgan fingerprint density at radius 2 is 2.33 bits per heavy atom. The molecular weight excluding hydrogens is 186 g/mol. The van der Waals surface area contributed by atoms with Gasteiger partial charge in [-0.25, -0.2) is 0 Å². The van der Waals surface area contributed by atoms with Crippen LogP contribution in [0.5, 0.6) is 0 Å². The van der Waals surface area contributed by atoms with E-state index in [-0.39, 0.29) is 0 Å². The first-order chi connectivity index (χ1) is 7.34. The Hall–Kier alpha value is -1.51. The summed E-state index contributed by atoms with van der Waals surface area (Å²) in [5.74, 6) is 0.864. The van der Waals surface area contributed by atoms with Gasteiger partial charge in [-0.1, -0.05) is 12.1 Å². The highest BCUT2D eigenvalue weighted by molar-refractivity contribution is 5.89. The number of aromatic amines is 1. The average molecular weight is 201 g/mol. The van der Waals surface area contributed by atoms with Crippen LogP contribution >= 0.6 is 0 Å². The van der Waals surface area contributed by atoms with Gasteiger partial charge in [0.05, 0.1) is 17.4 Å². The number of anilines is 1. The SMILES string of the molecule is CC(Nc1cccc2cn[nH]c12)C1CC1. The molecule has 78 valence electrons. The van der Waals surface area contributed by atoms with E-state index < -0.39 is 0 Å². The molecule has 1 atom stereocenters. The summed E-state index contributed by atoms with van der Waals surface area (Å²) in [4.78, 5) is 0. The van der Waals surface area contributed by atoms with Crippen LogP contribution < -0.4 is 5.32 Å². The van der Waals surface area contributed by atoms with E-state index in [0.717, 1.165) is 11.4 Å². The van der Waals surface area contributed by atoms with Gasteiger partial charge in [-0.15, -0.1) is 0 Å². The van der Waals surface area contributed by atoms with Crippen LogP contribution in [-0.2, 0) is 0 Å². The maximum Gasteiger partial charge on any atom is 0.0881 e. The number of para-hydroxylation sites is 1. The van der Waals surface area contributed by atoms with Gasteiger partial charge < -0.3 is 5.32 Å². The van der Waals surface area contributed by atoms with Gasteiger partial charge in [-0.3, -0.25) is 5.10 Å². The first kappa shape index (κ1) is 8.77. The predicted octanol–water partition coefficient (Wildman–Crippen LogP) is 2.77. The van der Waals surface area contributed by atoms with Crippen LogP contribution in [0.15, 0.2) is 24.4 Å². The number of hydrogen-bond donors (Lipinski definition) is 2. The van der Waals surface area contributed by atoms with E-state index in [0.29, 0.717) is 6.04 Å². The number of benzene rings is 1. The molecule has 1 heterocycles. The van der Waals surface area contributed by atoms with Crippen molar-refractivity contribution in [3.8, 4) is 0 Å². The number of nitrogens with zero attached hydrogens (tertiary/aromatic N) is 1. The molecule has 2 aromatic rings. The molecule has 0 saturated heterocycles. The van der Waals surface area contributed by atoms with E-state index in [4.69, 9.17) is 0 Å². The minimum atomic E-state index is 0.568. The maximum absolute atomic E-state index is 4.06. The van der Waals surface area contributed by atoms with Crippen LogP contribution in [0.4, 0.5) is 5.69 Å². The van der Waals surface area contributed by atoms with E-state index in [1.165, 1.54) is 23.9 Å². The fraction of sp³-hybridized carbons (Fsp3) is 0.417. The molecule has 0 spiro atoms. The third-order valence-electron chi connectivity index (χ3n) is 3.19. The zero-order valence-corrected chi connectivity index (χ0v) is 8.83. The molecule has 1 saturated carbocycles. The highest BCUT2D eigenvalue weighted by Gasteiger charge is 2.27. The molecule has 1 fully saturated rings. The molecule has 2 N–H and O–H groups in total. The molecule has 0 aliphatic heterocycles. The van der Waals surface area contributed by atoms with Crippen molar-refractivity contribution in [2.75, 3.05) is 5.32 Å². The normalized spacial score (nSPS) is 17.9. The van der Waals surface area contributed by atoms with Crippen molar-refractivity contribution in [1.82, 2.24) is 10.2 Å². The summed E-state index contributed by atoms with van der Waals surface area (Å²) in [6.07, 6.45) is 4.60. The molecule has 0 amide bonds. The Labute approximate surface area is 88.9 Å². The number of nitrogens with one attached hydrogen (secondary N) is 2. The van der Waals surface area contributed by atoms with Crippen LogP contribution in [0.25, 0.3) is 10.9 Å². The van der Waals surface area contributed by atoms with Crippen molar-refractivity contribution in [3.05, 3.63) is 24.4 Å². The summed E-state index contributed by atoms with van der Waals surface area (Å²) in [5.41, 5.74) is 2.29. The third kappa shape index (κ3) is 1.58. The van der Waals surface area contributed by atoms with Crippen molar-refractivity contribution in [3.63, 3.8) is 0 Å². The molecule has 3 rings (SSSR count). The van der Waals surface area contributed by atoms with Gasteiger partial charge in [-0.05, 0) is 31.7 Å². The van der Waals surface area contributed by atoms with E-state index in [1.54, 1.807) is 0 Å². The van der Waals surface area contributed by atoms with Crippen LogP contribution in [0.3, 0.4) is 0 Å². The Bertz CT molecular complexity index is 470. The van der Waals surface area contributed by atoms with Crippen LogP contribution in [0, 0.1) is 5.92 Å². The topological polar surface area (TPSA) is 40.7 Å². The van der Waals surface area contributed by atoms with Crippen molar-refractivity contribution in [2.45, 2.75) is 25.8 Å². The van der Waals surface area contributed by atoms with Crippen LogP contribution in [0.2, 0.25) is 0 Å². The number of aromatic nitrogens is 2. The van der Waals surface area contributed by atoms with Crippen LogP contribution in [-0.4, -0.2) is 16.2 Å². The average Bonchev–Trinajstić information content (AvgIpc) is 2.97. The summed E-state index contributed by atoms with van der Waals surface area (Å²) in [7, 11) is 0. The van der Waals surface area contributed by atoms with Crippen molar-refractivity contribution < 1.29 is 0 Å². The van der Waals surface area contributed by atoms with Crippen molar-refractivity contribution in [1.29, 1.82) is 0 Å². The monoisotopic (exact) mass is 201 g/mol. The number of fused-ring (bicyclic) bond motifs is 1. The molecule has 0 radical (unpaired) electrons. The first-order valence-corrected chi connectivity index (χ1v) is 5.53. The lowest BCUT2D eigenvalue weighted by Crippen LogP contribution is -2.17. The molecule has 0 bridgehead atoms. The van der Waals surface area contributed by atoms with Gasteiger partial charge in [0.25, 0.3) is 0 Å². The Balaban J connectivity index is 1.92. The lowest BCUT2D eigenvalue weighted by Gasteiger charge is -2.14. The molecule has 3 heteroatoms. The molecule has 15 heavy (non-hydrogen) atoms. The molecule has 3 nitrogen and oxygen atoms in total. The standard InChI is InChI=1S/C12H15N3/c1-8(9-5-6-9)14-11-4-2-3-10-7-13-15-12(10)11/h2-4,7-9,14H,5-6H2,1H3,(H,13,15). The van der Waals surface area contributed by atoms with E-state index in [9.17, 15) is 0 Å². The second-order valence-electron chi connectivity index (χ2n) is 4.41. The number of hydrogen-bond acceptors (Lipinski definition) is 2. The number of rotatable bonds is 3. The van der Waals surface area contributed by atoms with E-state index >= 15 is 0 Å². The summed E-state index contributed by atoms with van der Waals surface area (Å²) < 4.78 is 0. The molecule has 1 aromatic carbocycles. The zero-order chi connectivity index (χ0) is 10.3. The van der Waals surface area contributed by atoms with Gasteiger partial charge in [0.15, 0.2) is 0 Å². The summed E-state index contributed by atoms with van der Waals surface area (Å²) in [6, 6.07) is 6.82. The molecule has 1 aliphatic rings. The molecule has 1 aliphatic carbocycles. The minimum absolute atomic E-state index is 0.568. The van der Waals surface area contributed by atoms with Crippen molar-refractivity contribution >= 4 is 16.6 Å². The third-order valence-corrected chi connectivity index (χ3v) is 3.19. The van der Waals surface area contributed by atoms with Gasteiger partial charge in [0.2, 0.25) is 0 Å². The largest absolute Gasteiger partial charge is 0.381 e. The van der Waals surface area contributed by atoms with Crippen molar-refractivity contribution in [2.24, 2.45) is 5.92 Å². The van der Waals surface area contributed by atoms with E-state index in [2.05, 4.69) is 40.6 Å². The molecule has 1 unspecified atom stereocenters. The smallest absolute Gasteiger partial charge is 0.0881 e. The first-order valence-electron chi connectivity index (χ1n) is 5.53. The van der Waals surface area contributed by atoms with Crippen LogP contribution in [0.1, 0.15) is 19.8 Å². The quantitative estimate of drug-likeness (QED) is 0.801. The van der Waals surface area contributed by atoms with E-state index in [1.807, 2.05) is 6.20 Å².